The van der Waals surface area contributed by atoms with Gasteiger partial charge in [0.1, 0.15) is 36.6 Å². The Labute approximate surface area is 463 Å². The van der Waals surface area contributed by atoms with Gasteiger partial charge in [-0.2, -0.15) is 0 Å². The lowest BCUT2D eigenvalue weighted by molar-refractivity contribution is -0.334. The van der Waals surface area contributed by atoms with Crippen LogP contribution in [0, 0.1) is 0 Å². The number of esters is 2. The van der Waals surface area contributed by atoms with Crippen LogP contribution in [-0.4, -0.2) is 75.9 Å². The Kier molecular flexibility index (Phi) is 25.6. The molecule has 0 unspecified atom stereocenters. The van der Waals surface area contributed by atoms with Crippen molar-refractivity contribution < 1.29 is 47.2 Å². The van der Waals surface area contributed by atoms with Gasteiger partial charge in [-0.15, -0.1) is 0 Å². The van der Waals surface area contributed by atoms with E-state index in [9.17, 15) is 9.59 Å². The van der Waals surface area contributed by atoms with Crippen LogP contribution in [-0.2, 0) is 67.0 Å². The lowest BCUT2D eigenvalue weighted by Crippen LogP contribution is -2.66. The van der Waals surface area contributed by atoms with Gasteiger partial charge in [-0.25, -0.2) is 4.79 Å². The third-order valence-corrected chi connectivity index (χ3v) is 19.3. The summed E-state index contributed by atoms with van der Waals surface area (Å²) in [5, 5.41) is 2.68. The molecule has 0 spiro atoms. The lowest BCUT2D eigenvalue weighted by Gasteiger charge is -2.46. The first-order valence-electron chi connectivity index (χ1n) is 28.6. The molecule has 0 radical (unpaired) electrons. The number of hydrogen-bond acceptors (Lipinski definition) is 10. The van der Waals surface area contributed by atoms with Gasteiger partial charge >= 0.3 is 11.9 Å². The van der Waals surface area contributed by atoms with E-state index in [1.165, 1.54) is 68.7 Å². The molecule has 5 aromatic carbocycles. The highest BCUT2D eigenvalue weighted by Gasteiger charge is 2.52. The monoisotopic (exact) mass is 1070 g/mol. The van der Waals surface area contributed by atoms with E-state index in [0.717, 1.165) is 55.4 Å². The molecule has 1 saturated heterocycles. The second-order valence-corrected chi connectivity index (χ2v) is 27.0. The summed E-state index contributed by atoms with van der Waals surface area (Å²) in [7, 11) is -2.48. The molecule has 1 aliphatic rings. The number of hydrogen-bond donors (Lipinski definition) is 0. The van der Waals surface area contributed by atoms with Gasteiger partial charge in [0.2, 0.25) is 0 Å². The fourth-order valence-electron chi connectivity index (χ4n) is 10.3. The lowest BCUT2D eigenvalue weighted by atomic mass is 9.97. The Bertz CT molecular complexity index is 2340. The topological polar surface area (TPSA) is 108 Å². The molecule has 0 saturated carbocycles. The van der Waals surface area contributed by atoms with Crippen LogP contribution < -0.4 is 10.4 Å². The number of benzene rings is 5. The van der Waals surface area contributed by atoms with E-state index in [1.807, 2.05) is 112 Å². The molecule has 1 fully saturated rings. The van der Waals surface area contributed by atoms with Crippen LogP contribution in [0.2, 0.25) is 5.04 Å². The minimum Gasteiger partial charge on any atom is -0.463 e. The quantitative estimate of drug-likeness (QED) is 0.0229. The Morgan fingerprint density at radius 2 is 0.896 bits per heavy atom. The zero-order chi connectivity index (χ0) is 54.8. The van der Waals surface area contributed by atoms with Crippen molar-refractivity contribution in [2.75, 3.05) is 13.2 Å². The van der Waals surface area contributed by atoms with Crippen molar-refractivity contribution in [2.45, 2.75) is 206 Å². The maximum atomic E-state index is 14.1. The molecule has 1 heterocycles. The summed E-state index contributed by atoms with van der Waals surface area (Å²) in [6, 6.07) is 51.5. The number of unbranched alkanes of at least 4 members (excludes halogenated alkanes) is 12. The Morgan fingerprint density at radius 1 is 0.506 bits per heavy atom. The standard InChI is InChI=1S/C66H90O10Si/c1-52(67)69-51-59-60(70-48-53-36-24-19-25-37-53)61(71-49-54-38-26-20-27-39-54)62(72-50-55-40-28-21-29-41-55)64(75-59)74-58(63(68)76-65(2,3)4)46-34-17-15-13-11-9-8-10-12-14-16-18-35-47-73-77(66(5,6)7,56-42-30-22-31-43-56)57-44-32-23-33-45-57/h19-33,36-45,58-62,64H,8-18,34-35,46-51H2,1-7H3/t58-,59-,60-,61+,62-,64-/m1/s1. The van der Waals surface area contributed by atoms with Crippen molar-refractivity contribution in [1.29, 1.82) is 0 Å². The maximum Gasteiger partial charge on any atom is 0.335 e. The molecule has 11 heteroatoms. The summed E-state index contributed by atoms with van der Waals surface area (Å²) < 4.78 is 52.6. The first-order chi connectivity index (χ1) is 37.2. The van der Waals surface area contributed by atoms with E-state index < -0.39 is 62.7 Å². The largest absolute Gasteiger partial charge is 0.463 e. The summed E-state index contributed by atoms with van der Waals surface area (Å²) in [4.78, 5) is 26.4. The molecule has 0 bridgehead atoms. The summed E-state index contributed by atoms with van der Waals surface area (Å²) in [5.41, 5.74) is 2.12. The van der Waals surface area contributed by atoms with Gasteiger partial charge in [0.05, 0.1) is 19.8 Å². The number of ether oxygens (including phenoxy) is 7. The molecule has 0 amide bonds. The van der Waals surface area contributed by atoms with Gasteiger partial charge in [-0.1, -0.05) is 249 Å². The predicted octanol–water partition coefficient (Wildman–Crippen LogP) is 13.8. The molecule has 6 atom stereocenters. The number of rotatable bonds is 33. The summed E-state index contributed by atoms with van der Waals surface area (Å²) in [5.74, 6) is -0.924. The van der Waals surface area contributed by atoms with Crippen LogP contribution in [0.3, 0.4) is 0 Å². The second kappa shape index (κ2) is 32.2. The third kappa shape index (κ3) is 20.3. The normalized spacial score (nSPS) is 18.4. The molecule has 0 aromatic heterocycles. The van der Waals surface area contributed by atoms with E-state index >= 15 is 0 Å². The van der Waals surface area contributed by atoms with Crippen molar-refractivity contribution in [1.82, 2.24) is 0 Å². The van der Waals surface area contributed by atoms with Crippen molar-refractivity contribution in [2.24, 2.45) is 0 Å². The average Bonchev–Trinajstić information content (AvgIpc) is 3.44. The summed E-state index contributed by atoms with van der Waals surface area (Å²) in [6.45, 7) is 15.3. The molecule has 10 nitrogen and oxygen atoms in total. The van der Waals surface area contributed by atoms with Crippen LogP contribution in [0.15, 0.2) is 152 Å². The fraction of sp³-hybridized carbons (Fsp3) is 0.515. The van der Waals surface area contributed by atoms with Crippen LogP contribution in [0.25, 0.3) is 0 Å². The Balaban J connectivity index is 1.00. The van der Waals surface area contributed by atoms with Crippen molar-refractivity contribution in [3.63, 3.8) is 0 Å². The SMILES string of the molecule is CC(=O)OC[C@H]1O[C@@H](O[C@H](CCCCCCCCCCCCCCCO[Si](c2ccccc2)(c2ccccc2)C(C)(C)C)C(=O)OC(C)(C)C)[C@H](OCc2ccccc2)[C@@H](OCc2ccccc2)[C@@H]1OCc1ccccc1. The fourth-order valence-corrected chi connectivity index (χ4v) is 14.9. The maximum absolute atomic E-state index is 14.1. The van der Waals surface area contributed by atoms with Crippen molar-refractivity contribution >= 4 is 30.6 Å². The minimum atomic E-state index is -2.48. The highest BCUT2D eigenvalue weighted by atomic mass is 28.4. The first-order valence-corrected chi connectivity index (χ1v) is 30.5. The highest BCUT2D eigenvalue weighted by Crippen LogP contribution is 2.37. The zero-order valence-corrected chi connectivity index (χ0v) is 48.4. The van der Waals surface area contributed by atoms with Crippen LogP contribution in [0.1, 0.15) is 155 Å². The average molecular weight is 1070 g/mol. The van der Waals surface area contributed by atoms with Crippen LogP contribution in [0.4, 0.5) is 0 Å². The molecule has 1 aliphatic heterocycles. The molecule has 0 N–H and O–H groups in total. The minimum absolute atomic E-state index is 0.000588. The van der Waals surface area contributed by atoms with Crippen LogP contribution in [0.5, 0.6) is 0 Å². The van der Waals surface area contributed by atoms with Gasteiger partial charge in [0.25, 0.3) is 8.32 Å². The molecule has 6 rings (SSSR count). The van der Waals surface area contributed by atoms with Crippen molar-refractivity contribution in [3.8, 4) is 0 Å². The van der Waals surface area contributed by atoms with Crippen molar-refractivity contribution in [3.05, 3.63) is 168 Å². The van der Waals surface area contributed by atoms with Gasteiger partial charge in [-0.05, 0) is 65.7 Å². The third-order valence-electron chi connectivity index (χ3n) is 14.2. The van der Waals surface area contributed by atoms with E-state index in [1.54, 1.807) is 0 Å². The summed E-state index contributed by atoms with van der Waals surface area (Å²) >= 11 is 0. The molecule has 77 heavy (non-hydrogen) atoms. The van der Waals surface area contributed by atoms with Gasteiger partial charge < -0.3 is 37.6 Å². The smallest absolute Gasteiger partial charge is 0.335 e. The molecule has 5 aromatic rings. The summed E-state index contributed by atoms with van der Waals surface area (Å²) in [6.07, 6.45) is 10.1. The second-order valence-electron chi connectivity index (χ2n) is 22.7. The molecule has 0 aliphatic carbocycles. The highest BCUT2D eigenvalue weighted by molar-refractivity contribution is 6.99. The molecular weight excluding hydrogens is 981 g/mol. The van der Waals surface area contributed by atoms with E-state index in [4.69, 9.17) is 37.6 Å². The van der Waals surface area contributed by atoms with Gasteiger partial charge in [0.15, 0.2) is 12.4 Å². The Morgan fingerprint density at radius 3 is 1.31 bits per heavy atom. The van der Waals surface area contributed by atoms with E-state index in [-0.39, 0.29) is 31.5 Å². The van der Waals surface area contributed by atoms with Gasteiger partial charge in [-0.3, -0.25) is 4.79 Å². The van der Waals surface area contributed by atoms with E-state index in [2.05, 4.69) is 81.4 Å². The Hall–Kier alpha value is -4.98. The molecular formula is C66H90O10Si. The first kappa shape index (κ1) is 61.2. The van der Waals surface area contributed by atoms with E-state index in [0.29, 0.717) is 6.42 Å². The number of carbonyl (C=O) groups excluding carboxylic acids is 2. The number of carbonyl (C=O) groups is 2. The van der Waals surface area contributed by atoms with Crippen LogP contribution >= 0.6 is 0 Å². The predicted molar refractivity (Wildman–Crippen MR) is 309 cm³/mol. The molecule has 418 valence electrons. The van der Waals surface area contributed by atoms with Gasteiger partial charge in [0, 0.05) is 13.5 Å². The zero-order valence-electron chi connectivity index (χ0n) is 47.4.